The van der Waals surface area contributed by atoms with Crippen molar-refractivity contribution >= 4 is 0 Å². The molecule has 0 heterocycles. The first-order valence-corrected chi connectivity index (χ1v) is 3.75. The van der Waals surface area contributed by atoms with Crippen molar-refractivity contribution in [3.63, 3.8) is 0 Å². The van der Waals surface area contributed by atoms with Gasteiger partial charge in [-0.2, -0.15) is 0 Å². The molecule has 58 valence electrons. The van der Waals surface area contributed by atoms with Gasteiger partial charge in [0.2, 0.25) is 0 Å². The van der Waals surface area contributed by atoms with Gasteiger partial charge in [0.05, 0.1) is 0 Å². The standard InChI is InChI=1S/C7H11F2N/c8-7(9)4-1-2-5(7)6(10)3-4/h4-6H,1-3,10H2/t4-,5+,6-/m1/s1. The highest BCUT2D eigenvalue weighted by Gasteiger charge is 2.59. The lowest BCUT2D eigenvalue weighted by Gasteiger charge is -2.16. The Kier molecular flexibility index (Phi) is 1.11. The van der Waals surface area contributed by atoms with Gasteiger partial charge in [-0.25, -0.2) is 8.78 Å². The van der Waals surface area contributed by atoms with E-state index < -0.39 is 17.8 Å². The molecule has 2 rings (SSSR count). The molecule has 0 aliphatic heterocycles. The van der Waals surface area contributed by atoms with Crippen molar-refractivity contribution < 1.29 is 8.78 Å². The van der Waals surface area contributed by atoms with Crippen LogP contribution in [-0.4, -0.2) is 12.0 Å². The molecule has 2 saturated carbocycles. The van der Waals surface area contributed by atoms with Crippen molar-refractivity contribution in [1.82, 2.24) is 0 Å². The first kappa shape index (κ1) is 6.53. The highest BCUT2D eigenvalue weighted by Crippen LogP contribution is 2.54. The first-order chi connectivity index (χ1) is 4.62. The zero-order valence-electron chi connectivity index (χ0n) is 5.69. The van der Waals surface area contributed by atoms with E-state index in [2.05, 4.69) is 0 Å². The van der Waals surface area contributed by atoms with Crippen molar-refractivity contribution in [2.75, 3.05) is 0 Å². The summed E-state index contributed by atoms with van der Waals surface area (Å²) < 4.78 is 25.9. The van der Waals surface area contributed by atoms with Crippen LogP contribution in [0.4, 0.5) is 8.78 Å². The second-order valence-electron chi connectivity index (χ2n) is 3.45. The summed E-state index contributed by atoms with van der Waals surface area (Å²) in [5.74, 6) is -3.33. The van der Waals surface area contributed by atoms with Gasteiger partial charge in [0, 0.05) is 17.9 Å². The molecule has 0 aromatic heterocycles. The van der Waals surface area contributed by atoms with Gasteiger partial charge in [0.15, 0.2) is 0 Å². The maximum absolute atomic E-state index is 13.0. The molecule has 2 bridgehead atoms. The van der Waals surface area contributed by atoms with Crippen LogP contribution in [0.25, 0.3) is 0 Å². The van der Waals surface area contributed by atoms with Gasteiger partial charge in [-0.1, -0.05) is 0 Å². The summed E-state index contributed by atoms with van der Waals surface area (Å²) in [5.41, 5.74) is 5.52. The molecule has 3 atom stereocenters. The Morgan fingerprint density at radius 2 is 2.00 bits per heavy atom. The van der Waals surface area contributed by atoms with Crippen LogP contribution in [0, 0.1) is 11.8 Å². The summed E-state index contributed by atoms with van der Waals surface area (Å²) in [4.78, 5) is 0. The average molecular weight is 147 g/mol. The molecule has 10 heavy (non-hydrogen) atoms. The molecule has 0 unspecified atom stereocenters. The maximum atomic E-state index is 13.0. The fraction of sp³-hybridized carbons (Fsp3) is 1.00. The number of alkyl halides is 2. The van der Waals surface area contributed by atoms with Gasteiger partial charge in [0.25, 0.3) is 5.92 Å². The molecule has 2 aliphatic rings. The monoisotopic (exact) mass is 147 g/mol. The van der Waals surface area contributed by atoms with Crippen molar-refractivity contribution in [2.45, 2.75) is 31.2 Å². The lowest BCUT2D eigenvalue weighted by Crippen LogP contribution is -2.31. The third kappa shape index (κ3) is 0.590. The van der Waals surface area contributed by atoms with Crippen LogP contribution in [-0.2, 0) is 0 Å². The minimum absolute atomic E-state index is 0.228. The summed E-state index contributed by atoms with van der Waals surface area (Å²) in [7, 11) is 0. The molecule has 0 saturated heterocycles. The Balaban J connectivity index is 2.27. The van der Waals surface area contributed by atoms with E-state index in [9.17, 15) is 8.78 Å². The zero-order valence-corrected chi connectivity index (χ0v) is 5.69. The number of nitrogens with two attached hydrogens (primary N) is 1. The molecule has 0 aromatic carbocycles. The molecule has 0 radical (unpaired) electrons. The summed E-state index contributed by atoms with van der Waals surface area (Å²) in [6, 6.07) is -0.228. The Morgan fingerprint density at radius 3 is 2.20 bits per heavy atom. The topological polar surface area (TPSA) is 26.0 Å². The van der Waals surface area contributed by atoms with Gasteiger partial charge in [-0.15, -0.1) is 0 Å². The molecule has 2 N–H and O–H groups in total. The normalized spacial score (nSPS) is 50.1. The number of rotatable bonds is 0. The van der Waals surface area contributed by atoms with E-state index in [1.807, 2.05) is 0 Å². The molecule has 1 nitrogen and oxygen atoms in total. The van der Waals surface area contributed by atoms with Crippen LogP contribution in [0.5, 0.6) is 0 Å². The molecule has 2 fully saturated rings. The Labute approximate surface area is 58.6 Å². The SMILES string of the molecule is N[C@@H]1C[C@H]2CC[C@@H]1C2(F)F. The van der Waals surface area contributed by atoms with Crippen LogP contribution in [0.15, 0.2) is 0 Å². The first-order valence-electron chi connectivity index (χ1n) is 3.75. The van der Waals surface area contributed by atoms with Crippen LogP contribution in [0.3, 0.4) is 0 Å². The minimum atomic E-state index is -2.43. The summed E-state index contributed by atoms with van der Waals surface area (Å²) in [6.45, 7) is 0. The highest BCUT2D eigenvalue weighted by atomic mass is 19.3. The number of fused-ring (bicyclic) bond motifs is 2. The van der Waals surface area contributed by atoms with Crippen molar-refractivity contribution in [1.29, 1.82) is 0 Å². The van der Waals surface area contributed by atoms with Gasteiger partial charge < -0.3 is 5.73 Å². The van der Waals surface area contributed by atoms with Crippen LogP contribution < -0.4 is 5.73 Å². The van der Waals surface area contributed by atoms with E-state index in [0.29, 0.717) is 19.3 Å². The molecular weight excluding hydrogens is 136 g/mol. The van der Waals surface area contributed by atoms with Gasteiger partial charge in [-0.3, -0.25) is 0 Å². The van der Waals surface area contributed by atoms with Gasteiger partial charge in [0.1, 0.15) is 0 Å². The number of hydrogen-bond acceptors (Lipinski definition) is 1. The molecule has 0 aromatic rings. The fourth-order valence-corrected chi connectivity index (χ4v) is 2.34. The number of hydrogen-bond donors (Lipinski definition) is 1. The Hall–Kier alpha value is -0.180. The second kappa shape index (κ2) is 1.70. The molecule has 0 amide bonds. The zero-order chi connectivity index (χ0) is 7.35. The lowest BCUT2D eigenvalue weighted by molar-refractivity contribution is -0.0463. The van der Waals surface area contributed by atoms with Crippen LogP contribution in [0.1, 0.15) is 19.3 Å². The quantitative estimate of drug-likeness (QED) is 0.550. The third-order valence-electron chi connectivity index (χ3n) is 2.94. The largest absolute Gasteiger partial charge is 0.327 e. The van der Waals surface area contributed by atoms with Crippen molar-refractivity contribution in [3.8, 4) is 0 Å². The number of halogens is 2. The van der Waals surface area contributed by atoms with Gasteiger partial charge >= 0.3 is 0 Å². The average Bonchev–Trinajstić information content (AvgIpc) is 2.20. The van der Waals surface area contributed by atoms with E-state index in [0.717, 1.165) is 0 Å². The predicted molar refractivity (Wildman–Crippen MR) is 33.8 cm³/mol. The predicted octanol–water partition coefficient (Wildman–Crippen LogP) is 1.38. The maximum Gasteiger partial charge on any atom is 0.255 e. The summed E-state index contributed by atoms with van der Waals surface area (Å²) >= 11 is 0. The Morgan fingerprint density at radius 1 is 1.30 bits per heavy atom. The van der Waals surface area contributed by atoms with Crippen molar-refractivity contribution in [2.24, 2.45) is 17.6 Å². The van der Waals surface area contributed by atoms with Gasteiger partial charge in [-0.05, 0) is 19.3 Å². The Bertz CT molecular complexity index is 158. The molecule has 3 heteroatoms. The molecule has 2 aliphatic carbocycles. The lowest BCUT2D eigenvalue weighted by atomic mass is 9.96. The second-order valence-corrected chi connectivity index (χ2v) is 3.45. The van der Waals surface area contributed by atoms with E-state index in [-0.39, 0.29) is 6.04 Å². The van der Waals surface area contributed by atoms with E-state index in [1.54, 1.807) is 0 Å². The van der Waals surface area contributed by atoms with E-state index >= 15 is 0 Å². The smallest absolute Gasteiger partial charge is 0.255 e. The molecular formula is C7H11F2N. The van der Waals surface area contributed by atoms with E-state index in [1.165, 1.54) is 0 Å². The summed E-state index contributed by atoms with van der Waals surface area (Å²) in [6.07, 6.45) is 1.86. The van der Waals surface area contributed by atoms with Crippen LogP contribution in [0.2, 0.25) is 0 Å². The third-order valence-corrected chi connectivity index (χ3v) is 2.94. The van der Waals surface area contributed by atoms with Crippen molar-refractivity contribution in [3.05, 3.63) is 0 Å². The van der Waals surface area contributed by atoms with Crippen LogP contribution >= 0.6 is 0 Å². The fourth-order valence-electron chi connectivity index (χ4n) is 2.34. The molecule has 0 spiro atoms. The summed E-state index contributed by atoms with van der Waals surface area (Å²) in [5, 5.41) is 0. The van der Waals surface area contributed by atoms with E-state index in [4.69, 9.17) is 5.73 Å². The highest BCUT2D eigenvalue weighted by molar-refractivity contribution is 5.04. The minimum Gasteiger partial charge on any atom is -0.327 e.